The first-order valence-electron chi connectivity index (χ1n) is 8.61. The lowest BCUT2D eigenvalue weighted by atomic mass is 10.2. The molecular weight excluding hydrogens is 396 g/mol. The lowest BCUT2D eigenvalue weighted by Gasteiger charge is -2.05. The second kappa shape index (κ2) is 9.28. The summed E-state index contributed by atoms with van der Waals surface area (Å²) in [6, 6.07) is 12.2. The molecule has 154 valence electrons. The van der Waals surface area contributed by atoms with Gasteiger partial charge < -0.3 is 19.3 Å². The summed E-state index contributed by atoms with van der Waals surface area (Å²) in [6.07, 6.45) is 0. The van der Waals surface area contributed by atoms with Gasteiger partial charge >= 0.3 is 5.97 Å². The highest BCUT2D eigenvalue weighted by molar-refractivity contribution is 5.96. The van der Waals surface area contributed by atoms with Crippen LogP contribution in [0.5, 0.6) is 5.75 Å². The van der Waals surface area contributed by atoms with Crippen molar-refractivity contribution >= 4 is 17.6 Å². The summed E-state index contributed by atoms with van der Waals surface area (Å²) >= 11 is 0. The average molecular weight is 412 g/mol. The molecule has 0 aliphatic heterocycles. The first kappa shape index (κ1) is 20.5. The van der Waals surface area contributed by atoms with Gasteiger partial charge in [0.25, 0.3) is 17.5 Å². The third-order valence-electron chi connectivity index (χ3n) is 3.87. The Hall–Kier alpha value is -4.28. The summed E-state index contributed by atoms with van der Waals surface area (Å²) in [7, 11) is 1.54. The summed E-state index contributed by atoms with van der Waals surface area (Å²) in [4.78, 5) is 38.1. The molecule has 0 saturated heterocycles. The number of nitro benzene ring substituents is 1. The number of ether oxygens (including phenoxy) is 2. The third-order valence-corrected chi connectivity index (χ3v) is 3.87. The first-order valence-corrected chi connectivity index (χ1v) is 8.61. The SMILES string of the molecule is COc1cccc(-c2noc(COC(=O)CNC(=O)c3cccc([N+](=O)[O-])c3)n2)c1. The fourth-order valence-electron chi connectivity index (χ4n) is 2.40. The number of esters is 1. The molecule has 0 radical (unpaired) electrons. The van der Waals surface area contributed by atoms with Crippen LogP contribution < -0.4 is 10.1 Å². The van der Waals surface area contributed by atoms with Gasteiger partial charge in [0.2, 0.25) is 5.82 Å². The molecule has 0 fully saturated rings. The predicted molar refractivity (Wildman–Crippen MR) is 102 cm³/mol. The van der Waals surface area contributed by atoms with E-state index in [0.717, 1.165) is 6.07 Å². The molecule has 0 aliphatic carbocycles. The summed E-state index contributed by atoms with van der Waals surface area (Å²) in [5, 5.41) is 16.9. The van der Waals surface area contributed by atoms with Crippen molar-refractivity contribution in [2.75, 3.05) is 13.7 Å². The zero-order valence-corrected chi connectivity index (χ0v) is 15.7. The number of carbonyl (C=O) groups excluding carboxylic acids is 2. The van der Waals surface area contributed by atoms with E-state index in [4.69, 9.17) is 14.0 Å². The molecule has 1 N–H and O–H groups in total. The maximum absolute atomic E-state index is 12.0. The molecule has 30 heavy (non-hydrogen) atoms. The van der Waals surface area contributed by atoms with E-state index in [-0.39, 0.29) is 23.7 Å². The van der Waals surface area contributed by atoms with Crippen LogP contribution in [0.4, 0.5) is 5.69 Å². The summed E-state index contributed by atoms with van der Waals surface area (Å²) < 4.78 is 15.2. The number of hydrogen-bond donors (Lipinski definition) is 1. The summed E-state index contributed by atoms with van der Waals surface area (Å²) in [6.45, 7) is -0.707. The molecule has 11 heteroatoms. The van der Waals surface area contributed by atoms with Crippen LogP contribution in [-0.2, 0) is 16.1 Å². The van der Waals surface area contributed by atoms with Crippen LogP contribution in [0.25, 0.3) is 11.4 Å². The van der Waals surface area contributed by atoms with Crippen LogP contribution >= 0.6 is 0 Å². The maximum Gasteiger partial charge on any atom is 0.325 e. The molecule has 1 heterocycles. The van der Waals surface area contributed by atoms with E-state index in [2.05, 4.69) is 15.5 Å². The van der Waals surface area contributed by atoms with Gasteiger partial charge in [-0.3, -0.25) is 19.7 Å². The lowest BCUT2D eigenvalue weighted by molar-refractivity contribution is -0.384. The number of non-ortho nitro benzene ring substituents is 1. The van der Waals surface area contributed by atoms with Gasteiger partial charge in [-0.25, -0.2) is 0 Å². The molecule has 3 rings (SSSR count). The second-order valence-electron chi connectivity index (χ2n) is 5.89. The summed E-state index contributed by atoms with van der Waals surface area (Å²) in [5.74, 6) is -0.376. The highest BCUT2D eigenvalue weighted by Gasteiger charge is 2.15. The van der Waals surface area contributed by atoms with Gasteiger partial charge in [0, 0.05) is 23.3 Å². The Kier molecular flexibility index (Phi) is 6.33. The second-order valence-corrected chi connectivity index (χ2v) is 5.89. The largest absolute Gasteiger partial charge is 0.497 e. The monoisotopic (exact) mass is 412 g/mol. The van der Waals surface area contributed by atoms with Crippen LogP contribution in [0.2, 0.25) is 0 Å². The van der Waals surface area contributed by atoms with Crippen LogP contribution in [0.1, 0.15) is 16.2 Å². The van der Waals surface area contributed by atoms with Crippen molar-refractivity contribution in [3.8, 4) is 17.1 Å². The van der Waals surface area contributed by atoms with E-state index < -0.39 is 23.3 Å². The van der Waals surface area contributed by atoms with Gasteiger partial charge in [-0.1, -0.05) is 23.4 Å². The van der Waals surface area contributed by atoms with Gasteiger partial charge in [0.15, 0.2) is 6.61 Å². The van der Waals surface area contributed by atoms with Crippen molar-refractivity contribution in [2.45, 2.75) is 6.61 Å². The van der Waals surface area contributed by atoms with Crippen molar-refractivity contribution in [1.82, 2.24) is 15.5 Å². The lowest BCUT2D eigenvalue weighted by Crippen LogP contribution is -2.30. The molecular formula is C19H16N4O7. The normalized spacial score (nSPS) is 10.3. The number of amides is 1. The van der Waals surface area contributed by atoms with Crippen LogP contribution in [0.3, 0.4) is 0 Å². The molecule has 2 aromatic carbocycles. The van der Waals surface area contributed by atoms with E-state index in [9.17, 15) is 19.7 Å². The van der Waals surface area contributed by atoms with Crippen molar-refractivity contribution in [3.63, 3.8) is 0 Å². The Labute approximate surface area is 169 Å². The van der Waals surface area contributed by atoms with Gasteiger partial charge in [0.1, 0.15) is 12.3 Å². The van der Waals surface area contributed by atoms with Crippen LogP contribution in [0, 0.1) is 10.1 Å². The van der Waals surface area contributed by atoms with Gasteiger partial charge in [-0.05, 0) is 18.2 Å². The molecule has 0 atom stereocenters. The van der Waals surface area contributed by atoms with E-state index in [1.807, 2.05) is 0 Å². The zero-order valence-electron chi connectivity index (χ0n) is 15.7. The smallest absolute Gasteiger partial charge is 0.325 e. The molecule has 0 unspecified atom stereocenters. The van der Waals surface area contributed by atoms with Gasteiger partial charge in [-0.2, -0.15) is 4.98 Å². The Bertz CT molecular complexity index is 1080. The number of nitrogens with one attached hydrogen (secondary N) is 1. The maximum atomic E-state index is 12.0. The van der Waals surface area contributed by atoms with Crippen molar-refractivity contribution in [3.05, 3.63) is 70.1 Å². The Balaban J connectivity index is 1.50. The number of nitro groups is 1. The molecule has 0 spiro atoms. The number of nitrogens with zero attached hydrogens (tertiary/aromatic N) is 3. The Morgan fingerprint density at radius 3 is 2.77 bits per heavy atom. The van der Waals surface area contributed by atoms with Crippen LogP contribution in [-0.4, -0.2) is 40.6 Å². The van der Waals surface area contributed by atoms with E-state index >= 15 is 0 Å². The predicted octanol–water partition coefficient (Wildman–Crippen LogP) is 2.13. The van der Waals surface area contributed by atoms with Crippen molar-refractivity contribution in [2.24, 2.45) is 0 Å². The molecule has 3 aromatic rings. The fraction of sp³-hybridized carbons (Fsp3) is 0.158. The standard InChI is InChI=1S/C19H16N4O7/c1-28-15-7-3-4-12(9-15)18-21-16(30-22-18)11-29-17(24)10-20-19(25)13-5-2-6-14(8-13)23(26)27/h2-9H,10-11H2,1H3,(H,20,25). The molecule has 1 aromatic heterocycles. The molecule has 0 saturated carbocycles. The molecule has 0 aliphatic rings. The zero-order chi connectivity index (χ0) is 21.5. The number of benzene rings is 2. The van der Waals surface area contributed by atoms with E-state index in [0.29, 0.717) is 17.1 Å². The number of rotatable bonds is 8. The minimum Gasteiger partial charge on any atom is -0.497 e. The number of carbonyl (C=O) groups is 2. The molecule has 11 nitrogen and oxygen atoms in total. The van der Waals surface area contributed by atoms with Crippen molar-refractivity contribution < 1.29 is 28.5 Å². The molecule has 1 amide bonds. The minimum atomic E-state index is -0.741. The van der Waals surface area contributed by atoms with Gasteiger partial charge in [-0.15, -0.1) is 0 Å². The fourth-order valence-corrected chi connectivity index (χ4v) is 2.40. The number of hydrogen-bond acceptors (Lipinski definition) is 9. The van der Waals surface area contributed by atoms with E-state index in [1.54, 1.807) is 24.3 Å². The quantitative estimate of drug-likeness (QED) is 0.334. The van der Waals surface area contributed by atoms with E-state index in [1.165, 1.54) is 25.3 Å². The van der Waals surface area contributed by atoms with Gasteiger partial charge in [0.05, 0.1) is 12.0 Å². The number of methoxy groups -OCH3 is 1. The Morgan fingerprint density at radius 2 is 2.00 bits per heavy atom. The topological polar surface area (TPSA) is 147 Å². The molecule has 0 bridgehead atoms. The van der Waals surface area contributed by atoms with Crippen LogP contribution in [0.15, 0.2) is 53.1 Å². The summed E-state index contributed by atoms with van der Waals surface area (Å²) in [5.41, 5.74) is 0.491. The third kappa shape index (κ3) is 5.16. The number of aromatic nitrogens is 2. The highest BCUT2D eigenvalue weighted by Crippen LogP contribution is 2.21. The Morgan fingerprint density at radius 1 is 1.20 bits per heavy atom. The highest BCUT2D eigenvalue weighted by atomic mass is 16.6. The van der Waals surface area contributed by atoms with Crippen molar-refractivity contribution in [1.29, 1.82) is 0 Å². The minimum absolute atomic E-state index is 0.0526. The first-order chi connectivity index (χ1) is 14.5. The average Bonchev–Trinajstić information content (AvgIpc) is 3.25.